The van der Waals surface area contributed by atoms with Gasteiger partial charge in [0.15, 0.2) is 0 Å². The minimum atomic E-state index is -0.361. The van der Waals surface area contributed by atoms with Crippen molar-refractivity contribution < 1.29 is 14.3 Å². The van der Waals surface area contributed by atoms with Crippen LogP contribution in [0, 0.1) is 20.8 Å². The molecule has 3 aromatic rings. The molecule has 1 saturated heterocycles. The van der Waals surface area contributed by atoms with Gasteiger partial charge in [0.2, 0.25) is 0 Å². The van der Waals surface area contributed by atoms with E-state index in [1.165, 1.54) is 20.0 Å². The molecule has 1 aliphatic rings. The highest BCUT2D eigenvalue weighted by Crippen LogP contribution is 2.25. The lowest BCUT2D eigenvalue weighted by Gasteiger charge is -2.17. The number of rotatable bonds is 6. The summed E-state index contributed by atoms with van der Waals surface area (Å²) in [4.78, 5) is 27.0. The zero-order chi connectivity index (χ0) is 24.2. The number of nitrogens with zero attached hydrogens (tertiary/aromatic N) is 3. The molecule has 176 valence electrons. The van der Waals surface area contributed by atoms with Crippen LogP contribution >= 0.6 is 0 Å². The lowest BCUT2D eigenvalue weighted by atomic mass is 10.1. The van der Waals surface area contributed by atoms with Crippen molar-refractivity contribution in [3.63, 3.8) is 0 Å². The van der Waals surface area contributed by atoms with E-state index in [1.54, 1.807) is 12.3 Å². The Balaban J connectivity index is 1.49. The van der Waals surface area contributed by atoms with Crippen LogP contribution in [0.2, 0.25) is 0 Å². The van der Waals surface area contributed by atoms with Crippen molar-refractivity contribution in [1.82, 2.24) is 9.99 Å². The average Bonchev–Trinajstić information content (AvgIpc) is 3.47. The van der Waals surface area contributed by atoms with Crippen LogP contribution in [0.3, 0.4) is 0 Å². The van der Waals surface area contributed by atoms with Gasteiger partial charge in [-0.25, -0.2) is 10.2 Å². The Bertz CT molecular complexity index is 1240. The second-order valence-corrected chi connectivity index (χ2v) is 8.54. The highest BCUT2D eigenvalue weighted by molar-refractivity contribution is 5.95. The second-order valence-electron chi connectivity index (χ2n) is 8.54. The van der Waals surface area contributed by atoms with Crippen LogP contribution in [0.5, 0.6) is 0 Å². The molecule has 7 heteroatoms. The highest BCUT2D eigenvalue weighted by atomic mass is 16.5. The van der Waals surface area contributed by atoms with Gasteiger partial charge in [0.05, 0.1) is 18.9 Å². The first-order valence-electron chi connectivity index (χ1n) is 11.5. The third kappa shape index (κ3) is 4.59. The summed E-state index contributed by atoms with van der Waals surface area (Å²) in [6, 6.07) is 15.2. The SMILES string of the molecule is COC(=O)c1cccc(-n2c(C)cc(/C=N\NC(=O)c3ccc(N4CCCC4)cc3)c2C)c1C. The van der Waals surface area contributed by atoms with E-state index in [0.717, 1.165) is 47.0 Å². The molecule has 2 aromatic carbocycles. The highest BCUT2D eigenvalue weighted by Gasteiger charge is 2.17. The van der Waals surface area contributed by atoms with Gasteiger partial charge in [0.25, 0.3) is 5.91 Å². The summed E-state index contributed by atoms with van der Waals surface area (Å²) in [5.74, 6) is -0.612. The normalized spacial score (nSPS) is 13.5. The maximum Gasteiger partial charge on any atom is 0.338 e. The number of carbonyl (C=O) groups excluding carboxylic acids is 2. The van der Waals surface area contributed by atoms with Crippen molar-refractivity contribution in [2.45, 2.75) is 33.6 Å². The first-order valence-corrected chi connectivity index (χ1v) is 11.5. The first-order chi connectivity index (χ1) is 16.4. The molecule has 1 fully saturated rings. The molecule has 0 bridgehead atoms. The zero-order valence-electron chi connectivity index (χ0n) is 20.1. The van der Waals surface area contributed by atoms with E-state index in [2.05, 4.69) is 20.0 Å². The number of hydrazone groups is 1. The monoisotopic (exact) mass is 458 g/mol. The van der Waals surface area contributed by atoms with Crippen molar-refractivity contribution in [3.05, 3.63) is 82.2 Å². The molecule has 2 heterocycles. The lowest BCUT2D eigenvalue weighted by molar-refractivity contribution is 0.0599. The average molecular weight is 459 g/mol. The number of nitrogens with one attached hydrogen (secondary N) is 1. The molecule has 1 aliphatic heterocycles. The molecule has 34 heavy (non-hydrogen) atoms. The number of amides is 1. The number of aromatic nitrogens is 1. The molecular weight excluding hydrogens is 428 g/mol. The Morgan fingerprint density at radius 2 is 1.74 bits per heavy atom. The molecule has 0 spiro atoms. The molecule has 0 radical (unpaired) electrons. The number of hydrogen-bond donors (Lipinski definition) is 1. The fraction of sp³-hybridized carbons (Fsp3) is 0.296. The lowest BCUT2D eigenvalue weighted by Crippen LogP contribution is -2.19. The van der Waals surface area contributed by atoms with Crippen molar-refractivity contribution >= 4 is 23.8 Å². The minimum Gasteiger partial charge on any atom is -0.465 e. The number of carbonyl (C=O) groups is 2. The summed E-state index contributed by atoms with van der Waals surface area (Å²) in [7, 11) is 1.38. The summed E-state index contributed by atoms with van der Waals surface area (Å²) < 4.78 is 6.98. The van der Waals surface area contributed by atoms with Crippen molar-refractivity contribution in [2.75, 3.05) is 25.1 Å². The van der Waals surface area contributed by atoms with E-state index in [-0.39, 0.29) is 11.9 Å². The van der Waals surface area contributed by atoms with Gasteiger partial charge in [-0.05, 0) is 81.6 Å². The number of hydrogen-bond acceptors (Lipinski definition) is 5. The van der Waals surface area contributed by atoms with Crippen LogP contribution in [-0.4, -0.2) is 42.9 Å². The van der Waals surface area contributed by atoms with Crippen LogP contribution < -0.4 is 10.3 Å². The maximum absolute atomic E-state index is 12.5. The molecular formula is C27H30N4O3. The fourth-order valence-corrected chi connectivity index (χ4v) is 4.51. The molecule has 1 amide bonds. The van der Waals surface area contributed by atoms with Gasteiger partial charge in [-0.15, -0.1) is 0 Å². The van der Waals surface area contributed by atoms with E-state index in [4.69, 9.17) is 4.74 Å². The molecule has 7 nitrogen and oxygen atoms in total. The number of esters is 1. The predicted octanol–water partition coefficient (Wildman–Crippen LogP) is 4.55. The summed E-state index contributed by atoms with van der Waals surface area (Å²) in [6.45, 7) is 8.03. The molecule has 0 atom stereocenters. The molecule has 1 aromatic heterocycles. The zero-order valence-corrected chi connectivity index (χ0v) is 20.1. The Morgan fingerprint density at radius 1 is 1.03 bits per heavy atom. The summed E-state index contributed by atoms with van der Waals surface area (Å²) in [5, 5.41) is 4.19. The number of methoxy groups -OCH3 is 1. The van der Waals surface area contributed by atoms with Gasteiger partial charge in [-0.3, -0.25) is 4.79 Å². The van der Waals surface area contributed by atoms with Crippen LogP contribution in [0.15, 0.2) is 53.6 Å². The number of benzene rings is 2. The van der Waals surface area contributed by atoms with Gasteiger partial charge in [0, 0.05) is 47.0 Å². The number of aryl methyl sites for hydroxylation is 1. The Hall–Kier alpha value is -3.87. The van der Waals surface area contributed by atoms with Crippen molar-refractivity contribution in [3.8, 4) is 5.69 Å². The van der Waals surface area contributed by atoms with Crippen molar-refractivity contribution in [2.24, 2.45) is 5.10 Å². The molecule has 0 aliphatic carbocycles. The number of anilines is 1. The predicted molar refractivity (Wildman–Crippen MR) is 134 cm³/mol. The van der Waals surface area contributed by atoms with E-state index < -0.39 is 0 Å². The molecule has 1 N–H and O–H groups in total. The molecule has 4 rings (SSSR count). The fourth-order valence-electron chi connectivity index (χ4n) is 4.51. The van der Waals surface area contributed by atoms with Gasteiger partial charge in [0.1, 0.15) is 0 Å². The number of ether oxygens (including phenoxy) is 1. The quantitative estimate of drug-likeness (QED) is 0.334. The van der Waals surface area contributed by atoms with E-state index in [9.17, 15) is 9.59 Å². The molecule has 0 saturated carbocycles. The first kappa shape index (κ1) is 23.3. The summed E-state index contributed by atoms with van der Waals surface area (Å²) >= 11 is 0. The Kier molecular flexibility index (Phi) is 6.82. The Morgan fingerprint density at radius 3 is 2.41 bits per heavy atom. The Labute approximate surface area is 200 Å². The van der Waals surface area contributed by atoms with Crippen molar-refractivity contribution in [1.29, 1.82) is 0 Å². The summed E-state index contributed by atoms with van der Waals surface area (Å²) in [5.41, 5.74) is 9.44. The minimum absolute atomic E-state index is 0.250. The largest absolute Gasteiger partial charge is 0.465 e. The standard InChI is InChI=1S/C27H30N4O3/c1-18-16-22(20(3)31(18)25-9-7-8-24(19(25)2)27(33)34-4)17-28-29-26(32)21-10-12-23(13-11-21)30-14-5-6-15-30/h7-13,16-17H,5-6,14-15H2,1-4H3,(H,29,32)/b28-17-. The van der Waals surface area contributed by atoms with Gasteiger partial charge >= 0.3 is 5.97 Å². The maximum atomic E-state index is 12.5. The van der Waals surface area contributed by atoms with E-state index >= 15 is 0 Å². The van der Waals surface area contributed by atoms with Gasteiger partial charge in [-0.1, -0.05) is 6.07 Å². The van der Waals surface area contributed by atoms with Crippen LogP contribution in [0.25, 0.3) is 5.69 Å². The topological polar surface area (TPSA) is 75.9 Å². The molecule has 0 unspecified atom stereocenters. The van der Waals surface area contributed by atoms with E-state index in [0.29, 0.717) is 11.1 Å². The van der Waals surface area contributed by atoms with Gasteiger partial charge < -0.3 is 14.2 Å². The smallest absolute Gasteiger partial charge is 0.338 e. The van der Waals surface area contributed by atoms with E-state index in [1.807, 2.05) is 63.2 Å². The van der Waals surface area contributed by atoms with Gasteiger partial charge in [-0.2, -0.15) is 5.10 Å². The third-order valence-corrected chi connectivity index (χ3v) is 6.39. The van der Waals surface area contributed by atoms with Crippen LogP contribution in [0.4, 0.5) is 5.69 Å². The summed E-state index contributed by atoms with van der Waals surface area (Å²) in [6.07, 6.45) is 4.08. The third-order valence-electron chi connectivity index (χ3n) is 6.39. The second kappa shape index (κ2) is 9.95. The van der Waals surface area contributed by atoms with Crippen LogP contribution in [0.1, 0.15) is 56.1 Å². The van der Waals surface area contributed by atoms with Crippen LogP contribution in [-0.2, 0) is 4.74 Å².